The van der Waals surface area contributed by atoms with Crippen molar-refractivity contribution in [3.8, 4) is 11.5 Å². The maximum atomic E-state index is 12.4. The second kappa shape index (κ2) is 5.28. The van der Waals surface area contributed by atoms with Crippen LogP contribution in [0.25, 0.3) is 6.08 Å². The first-order valence-electron chi connectivity index (χ1n) is 6.10. The highest BCUT2D eigenvalue weighted by atomic mass is 127. The van der Waals surface area contributed by atoms with Crippen molar-refractivity contribution in [1.29, 1.82) is 0 Å². The molecule has 1 heterocycles. The topological polar surface area (TPSA) is 46.5 Å². The Hall–Kier alpha value is -1.82. The Morgan fingerprint density at radius 1 is 1.15 bits per heavy atom. The average Bonchev–Trinajstić information content (AvgIpc) is 2.44. The monoisotopic (exact) mass is 378 g/mol. The normalized spacial score (nSPS) is 15.8. The van der Waals surface area contributed by atoms with Gasteiger partial charge in [0.15, 0.2) is 5.78 Å². The van der Waals surface area contributed by atoms with Crippen LogP contribution in [0.2, 0.25) is 0 Å². The predicted molar refractivity (Wildman–Crippen MR) is 85.1 cm³/mol. The molecular weight excluding hydrogens is 367 g/mol. The van der Waals surface area contributed by atoms with Crippen molar-refractivity contribution in [3.63, 3.8) is 0 Å². The molecule has 3 nitrogen and oxygen atoms in total. The Morgan fingerprint density at radius 3 is 2.65 bits per heavy atom. The number of hydrogen-bond acceptors (Lipinski definition) is 3. The second-order valence-corrected chi connectivity index (χ2v) is 5.77. The molecule has 0 spiro atoms. The molecule has 0 aromatic heterocycles. The number of benzene rings is 2. The van der Waals surface area contributed by atoms with Crippen molar-refractivity contribution >= 4 is 34.5 Å². The van der Waals surface area contributed by atoms with E-state index in [1.54, 1.807) is 6.07 Å². The number of Topliss-reactive ketones (excluding diaryl/α,β-unsaturated/α-hetero) is 1. The molecule has 0 saturated heterocycles. The van der Waals surface area contributed by atoms with Crippen molar-refractivity contribution in [2.75, 3.05) is 6.61 Å². The molecule has 0 aliphatic carbocycles. The van der Waals surface area contributed by atoms with Gasteiger partial charge in [0.05, 0.1) is 5.56 Å². The number of carbonyl (C=O) groups excluding carboxylic acids is 1. The molecule has 20 heavy (non-hydrogen) atoms. The highest BCUT2D eigenvalue weighted by Gasteiger charge is 2.23. The highest BCUT2D eigenvalue weighted by molar-refractivity contribution is 14.1. The molecule has 1 aliphatic heterocycles. The van der Waals surface area contributed by atoms with Gasteiger partial charge in [-0.1, -0.05) is 12.1 Å². The Bertz CT molecular complexity index is 702. The summed E-state index contributed by atoms with van der Waals surface area (Å²) in [5.41, 5.74) is 2.08. The maximum absolute atomic E-state index is 12.4. The smallest absolute Gasteiger partial charge is 0.196 e. The fourth-order valence-electron chi connectivity index (χ4n) is 2.08. The lowest BCUT2D eigenvalue weighted by molar-refractivity contribution is 0.100. The summed E-state index contributed by atoms with van der Waals surface area (Å²) >= 11 is 2.24. The number of halogens is 1. The number of fused-ring (bicyclic) bond motifs is 1. The lowest BCUT2D eigenvalue weighted by Gasteiger charge is -2.18. The summed E-state index contributed by atoms with van der Waals surface area (Å²) in [6.07, 6.45) is 1.84. The first-order chi connectivity index (χ1) is 9.63. The first-order valence-corrected chi connectivity index (χ1v) is 7.18. The molecular formula is C16H11IO3. The lowest BCUT2D eigenvalue weighted by atomic mass is 9.98. The van der Waals surface area contributed by atoms with E-state index >= 15 is 0 Å². The van der Waals surface area contributed by atoms with Gasteiger partial charge in [0.2, 0.25) is 0 Å². The van der Waals surface area contributed by atoms with E-state index in [0.717, 1.165) is 9.13 Å². The molecule has 100 valence electrons. The van der Waals surface area contributed by atoms with E-state index in [9.17, 15) is 9.90 Å². The van der Waals surface area contributed by atoms with Gasteiger partial charge in [0, 0.05) is 15.2 Å². The van der Waals surface area contributed by atoms with E-state index in [1.165, 1.54) is 12.1 Å². The lowest BCUT2D eigenvalue weighted by Crippen LogP contribution is -2.18. The SMILES string of the molecule is O=C1/C(=C/c2ccc(I)cc2)COc2cc(O)ccc21. The Kier molecular flexibility index (Phi) is 3.48. The first kappa shape index (κ1) is 13.2. The molecule has 3 rings (SSSR count). The second-order valence-electron chi connectivity index (χ2n) is 4.52. The summed E-state index contributed by atoms with van der Waals surface area (Å²) in [5, 5.41) is 9.39. The molecule has 0 radical (unpaired) electrons. The van der Waals surface area contributed by atoms with Gasteiger partial charge >= 0.3 is 0 Å². The minimum absolute atomic E-state index is 0.0511. The molecule has 1 aliphatic rings. The van der Waals surface area contributed by atoms with Crippen LogP contribution in [0, 0.1) is 3.57 Å². The molecule has 0 bridgehead atoms. The number of phenols is 1. The third kappa shape index (κ3) is 2.56. The number of hydrogen-bond donors (Lipinski definition) is 1. The Morgan fingerprint density at radius 2 is 1.90 bits per heavy atom. The van der Waals surface area contributed by atoms with Gasteiger partial charge in [0.1, 0.15) is 18.1 Å². The van der Waals surface area contributed by atoms with Gasteiger partial charge in [-0.15, -0.1) is 0 Å². The molecule has 0 fully saturated rings. The van der Waals surface area contributed by atoms with Gasteiger partial charge in [-0.2, -0.15) is 0 Å². The van der Waals surface area contributed by atoms with Crippen molar-refractivity contribution in [3.05, 3.63) is 62.7 Å². The minimum Gasteiger partial charge on any atom is -0.508 e. The van der Waals surface area contributed by atoms with Gasteiger partial charge in [-0.3, -0.25) is 4.79 Å². The largest absolute Gasteiger partial charge is 0.508 e. The highest BCUT2D eigenvalue weighted by Crippen LogP contribution is 2.31. The summed E-state index contributed by atoms with van der Waals surface area (Å²) in [4.78, 5) is 12.4. The van der Waals surface area contributed by atoms with Gasteiger partial charge in [-0.05, 0) is 58.5 Å². The number of aromatic hydroxyl groups is 1. The van der Waals surface area contributed by atoms with E-state index in [0.29, 0.717) is 16.9 Å². The van der Waals surface area contributed by atoms with Crippen molar-refractivity contribution in [1.82, 2.24) is 0 Å². The molecule has 4 heteroatoms. The fourth-order valence-corrected chi connectivity index (χ4v) is 2.44. The molecule has 0 saturated carbocycles. The van der Waals surface area contributed by atoms with Crippen LogP contribution in [0.1, 0.15) is 15.9 Å². The summed E-state index contributed by atoms with van der Waals surface area (Å²) in [5.74, 6) is 0.487. The molecule has 2 aromatic carbocycles. The van der Waals surface area contributed by atoms with Gasteiger partial charge in [-0.25, -0.2) is 0 Å². The van der Waals surface area contributed by atoms with Crippen LogP contribution in [0.4, 0.5) is 0 Å². The molecule has 1 N–H and O–H groups in total. The summed E-state index contributed by atoms with van der Waals surface area (Å²) in [6, 6.07) is 12.5. The molecule has 2 aromatic rings. The van der Waals surface area contributed by atoms with Crippen molar-refractivity contribution in [2.24, 2.45) is 0 Å². The van der Waals surface area contributed by atoms with Crippen LogP contribution in [-0.2, 0) is 0 Å². The van der Waals surface area contributed by atoms with E-state index < -0.39 is 0 Å². The van der Waals surface area contributed by atoms with Crippen molar-refractivity contribution < 1.29 is 14.6 Å². The number of rotatable bonds is 1. The van der Waals surface area contributed by atoms with E-state index in [-0.39, 0.29) is 18.1 Å². The Labute approximate surface area is 130 Å². The maximum Gasteiger partial charge on any atom is 0.196 e. The van der Waals surface area contributed by atoms with Crippen LogP contribution < -0.4 is 4.74 Å². The third-order valence-corrected chi connectivity index (χ3v) is 3.81. The van der Waals surface area contributed by atoms with Crippen LogP contribution in [0.5, 0.6) is 11.5 Å². The van der Waals surface area contributed by atoms with Crippen molar-refractivity contribution in [2.45, 2.75) is 0 Å². The molecule has 0 amide bonds. The average molecular weight is 378 g/mol. The van der Waals surface area contributed by atoms with Crippen LogP contribution >= 0.6 is 22.6 Å². The van der Waals surface area contributed by atoms with E-state index in [1.807, 2.05) is 30.3 Å². The van der Waals surface area contributed by atoms with Gasteiger partial charge < -0.3 is 9.84 Å². The summed E-state index contributed by atoms with van der Waals surface area (Å²) < 4.78 is 6.68. The zero-order chi connectivity index (χ0) is 14.1. The van der Waals surface area contributed by atoms with Crippen LogP contribution in [-0.4, -0.2) is 17.5 Å². The van der Waals surface area contributed by atoms with E-state index in [2.05, 4.69) is 22.6 Å². The minimum atomic E-state index is -0.0511. The summed E-state index contributed by atoms with van der Waals surface area (Å²) in [6.45, 7) is 0.223. The third-order valence-electron chi connectivity index (χ3n) is 3.10. The Balaban J connectivity index is 1.95. The van der Waals surface area contributed by atoms with Crippen LogP contribution in [0.15, 0.2) is 48.0 Å². The zero-order valence-corrected chi connectivity index (χ0v) is 12.6. The number of ether oxygens (including phenoxy) is 1. The quantitative estimate of drug-likeness (QED) is 0.609. The number of carbonyl (C=O) groups is 1. The summed E-state index contributed by atoms with van der Waals surface area (Å²) in [7, 11) is 0. The van der Waals surface area contributed by atoms with Crippen LogP contribution in [0.3, 0.4) is 0 Å². The van der Waals surface area contributed by atoms with E-state index in [4.69, 9.17) is 4.74 Å². The predicted octanol–water partition coefficient (Wildman–Crippen LogP) is 3.66. The number of ketones is 1. The molecule has 0 unspecified atom stereocenters. The standard InChI is InChI=1S/C16H11IO3/c17-12-3-1-10(2-4-12)7-11-9-20-15-8-13(18)5-6-14(15)16(11)19/h1-8,18H,9H2/b11-7+. The fraction of sp³-hybridized carbons (Fsp3) is 0.0625. The molecule has 0 atom stereocenters. The van der Waals surface area contributed by atoms with Gasteiger partial charge in [0.25, 0.3) is 0 Å². The zero-order valence-electron chi connectivity index (χ0n) is 10.5. The number of phenolic OH excluding ortho intramolecular Hbond substituents is 1.